The summed E-state index contributed by atoms with van der Waals surface area (Å²) < 4.78 is 27.2. The minimum Gasteiger partial charge on any atom is -0.330 e. The summed E-state index contributed by atoms with van der Waals surface area (Å²) in [6.07, 6.45) is 1.83. The average Bonchev–Trinajstić information content (AvgIpc) is 3.27. The van der Waals surface area contributed by atoms with E-state index in [0.717, 1.165) is 32.7 Å². The third kappa shape index (κ3) is 3.31. The summed E-state index contributed by atoms with van der Waals surface area (Å²) in [4.78, 5) is 4.84. The van der Waals surface area contributed by atoms with Gasteiger partial charge in [-0.1, -0.05) is 78.9 Å². The highest BCUT2D eigenvalue weighted by atomic mass is 32.2. The Kier molecular flexibility index (Phi) is 5.06. The van der Waals surface area contributed by atoms with Crippen LogP contribution < -0.4 is 5.73 Å². The summed E-state index contributed by atoms with van der Waals surface area (Å²) >= 11 is 0. The van der Waals surface area contributed by atoms with Crippen LogP contribution in [-0.4, -0.2) is 21.2 Å². The number of nitrogens with two attached hydrogens (primary N) is 1. The van der Waals surface area contributed by atoms with Crippen molar-refractivity contribution in [3.63, 3.8) is 0 Å². The quantitative estimate of drug-likeness (QED) is 0.319. The summed E-state index contributed by atoms with van der Waals surface area (Å²) in [6, 6.07) is 33.4. The number of hydrogen-bond donors (Lipinski definition) is 1. The van der Waals surface area contributed by atoms with Crippen LogP contribution in [0.5, 0.6) is 0 Å². The van der Waals surface area contributed by atoms with E-state index in [1.165, 1.54) is 0 Å². The van der Waals surface area contributed by atoms with Crippen molar-refractivity contribution < 1.29 is 8.42 Å². The molecule has 0 aromatic heterocycles. The second kappa shape index (κ2) is 8.15. The molecule has 0 bridgehead atoms. The largest absolute Gasteiger partial charge is 0.330 e. The molecular weight excluding hydrogens is 452 g/mol. The van der Waals surface area contributed by atoms with Gasteiger partial charge in [0.15, 0.2) is 9.84 Å². The predicted molar refractivity (Wildman–Crippen MR) is 144 cm³/mol. The smallest absolute Gasteiger partial charge is 0.193 e. The molecule has 0 saturated heterocycles. The van der Waals surface area contributed by atoms with Crippen LogP contribution in [0.15, 0.2) is 113 Å². The molecule has 5 aromatic carbocycles. The summed E-state index contributed by atoms with van der Waals surface area (Å²) in [6.45, 7) is 0.219. The molecule has 4 nitrogen and oxygen atoms in total. The molecule has 1 aliphatic heterocycles. The molecule has 2 N–H and O–H groups in total. The van der Waals surface area contributed by atoms with Crippen LogP contribution in [0.3, 0.4) is 0 Å². The fourth-order valence-corrected chi connectivity index (χ4v) is 7.16. The Hall–Kier alpha value is -3.80. The minimum atomic E-state index is -3.84. The van der Waals surface area contributed by atoms with Gasteiger partial charge in [-0.2, -0.15) is 0 Å². The lowest BCUT2D eigenvalue weighted by atomic mass is 9.91. The third-order valence-electron chi connectivity index (χ3n) is 6.99. The zero-order chi connectivity index (χ0) is 24.0. The van der Waals surface area contributed by atoms with E-state index in [1.807, 2.05) is 66.7 Å². The number of rotatable bonds is 5. The Morgan fingerprint density at radius 1 is 0.743 bits per heavy atom. The molecule has 1 heterocycles. The monoisotopic (exact) mass is 476 g/mol. The van der Waals surface area contributed by atoms with Gasteiger partial charge < -0.3 is 5.73 Å². The second-order valence-corrected chi connectivity index (χ2v) is 11.2. The molecule has 1 aliphatic rings. The zero-order valence-corrected chi connectivity index (χ0v) is 19.9. The summed E-state index contributed by atoms with van der Waals surface area (Å²) in [5.74, 6) is 0. The van der Waals surface area contributed by atoms with Gasteiger partial charge in [-0.3, -0.25) is 4.99 Å². The van der Waals surface area contributed by atoms with Gasteiger partial charge in [-0.05, 0) is 69.9 Å². The molecule has 6 rings (SSSR count). The Labute approximate surface area is 204 Å². The van der Waals surface area contributed by atoms with Crippen molar-refractivity contribution in [3.05, 3.63) is 109 Å². The Morgan fingerprint density at radius 2 is 1.49 bits per heavy atom. The highest BCUT2D eigenvalue weighted by Crippen LogP contribution is 2.47. The van der Waals surface area contributed by atoms with Gasteiger partial charge in [-0.25, -0.2) is 8.42 Å². The molecular formula is C30H24N2O2S. The maximum Gasteiger partial charge on any atom is 0.193 e. The second-order valence-electron chi connectivity index (χ2n) is 8.96. The Morgan fingerprint density at radius 3 is 2.31 bits per heavy atom. The van der Waals surface area contributed by atoms with E-state index in [2.05, 4.69) is 29.3 Å². The van der Waals surface area contributed by atoms with E-state index < -0.39 is 14.6 Å². The third-order valence-corrected chi connectivity index (χ3v) is 9.35. The van der Waals surface area contributed by atoms with Crippen molar-refractivity contribution in [3.8, 4) is 11.1 Å². The number of nitrogens with zero attached hydrogens (tertiary/aromatic N) is 1. The highest BCUT2D eigenvalue weighted by Gasteiger charge is 2.48. The van der Waals surface area contributed by atoms with Crippen LogP contribution in [-0.2, 0) is 14.6 Å². The number of fused-ring (bicyclic) bond motifs is 3. The van der Waals surface area contributed by atoms with Gasteiger partial charge in [0.2, 0.25) is 0 Å². The van der Waals surface area contributed by atoms with Gasteiger partial charge in [-0.15, -0.1) is 0 Å². The molecule has 0 spiro atoms. The molecule has 5 aromatic rings. The first-order chi connectivity index (χ1) is 17.0. The molecule has 172 valence electrons. The lowest BCUT2D eigenvalue weighted by molar-refractivity contribution is 0.561. The molecule has 0 saturated carbocycles. The molecule has 0 fully saturated rings. The van der Waals surface area contributed by atoms with Gasteiger partial charge in [0, 0.05) is 11.8 Å². The minimum absolute atomic E-state index is 0.219. The molecule has 0 aliphatic carbocycles. The number of aliphatic imine (C=N–C) groups is 1. The topological polar surface area (TPSA) is 72.5 Å². The summed E-state index contributed by atoms with van der Waals surface area (Å²) in [5, 5.41) is 4.14. The van der Waals surface area contributed by atoms with E-state index in [-0.39, 0.29) is 17.9 Å². The summed E-state index contributed by atoms with van der Waals surface area (Å²) in [7, 11) is -3.84. The van der Waals surface area contributed by atoms with Crippen LogP contribution in [0, 0.1) is 0 Å². The number of benzene rings is 5. The van der Waals surface area contributed by atoms with Crippen molar-refractivity contribution in [1.29, 1.82) is 0 Å². The van der Waals surface area contributed by atoms with Gasteiger partial charge in [0.1, 0.15) is 4.75 Å². The normalized spacial score (nSPS) is 17.2. The lowest BCUT2D eigenvalue weighted by Gasteiger charge is -2.28. The standard InChI is InChI=1S/C30H24N2O2S/c31-17-16-30(35(33,34)25-14-12-21-6-1-2-8-23(21)18-25)20-32-29-15-13-24(19-28(29)30)27-11-5-9-22-7-3-4-10-26(22)27/h1-15,18-20H,16-17,31H2. The first-order valence-corrected chi connectivity index (χ1v) is 13.1. The van der Waals surface area contributed by atoms with Gasteiger partial charge in [0.25, 0.3) is 0 Å². The lowest BCUT2D eigenvalue weighted by Crippen LogP contribution is -2.38. The van der Waals surface area contributed by atoms with Crippen molar-refractivity contribution in [2.24, 2.45) is 10.7 Å². The average molecular weight is 477 g/mol. The van der Waals surface area contributed by atoms with Crippen molar-refractivity contribution >= 4 is 43.3 Å². The van der Waals surface area contributed by atoms with E-state index in [1.54, 1.807) is 18.3 Å². The summed E-state index contributed by atoms with van der Waals surface area (Å²) in [5.41, 5.74) is 9.39. The predicted octanol–water partition coefficient (Wildman–Crippen LogP) is 6.39. The van der Waals surface area contributed by atoms with Gasteiger partial charge >= 0.3 is 0 Å². The highest BCUT2D eigenvalue weighted by molar-refractivity contribution is 7.93. The number of hydrogen-bond acceptors (Lipinski definition) is 4. The molecule has 1 unspecified atom stereocenters. The van der Waals surface area contributed by atoms with E-state index in [4.69, 9.17) is 5.73 Å². The first kappa shape index (κ1) is 21.7. The first-order valence-electron chi connectivity index (χ1n) is 11.6. The molecule has 0 amide bonds. The molecule has 0 radical (unpaired) electrons. The van der Waals surface area contributed by atoms with Crippen LogP contribution in [0.25, 0.3) is 32.7 Å². The maximum atomic E-state index is 14.3. The van der Waals surface area contributed by atoms with E-state index in [0.29, 0.717) is 11.3 Å². The number of sulfone groups is 1. The maximum absolute atomic E-state index is 14.3. The zero-order valence-electron chi connectivity index (χ0n) is 19.1. The SMILES string of the molecule is NCCC1(S(=O)(=O)c2ccc3ccccc3c2)C=Nc2ccc(-c3cccc4ccccc34)cc21. The molecule has 5 heteroatoms. The fourth-order valence-electron chi connectivity index (χ4n) is 5.18. The van der Waals surface area contributed by atoms with E-state index >= 15 is 0 Å². The molecule has 1 atom stereocenters. The molecule has 35 heavy (non-hydrogen) atoms. The van der Waals surface area contributed by atoms with Crippen LogP contribution in [0.4, 0.5) is 5.69 Å². The van der Waals surface area contributed by atoms with Crippen molar-refractivity contribution in [2.45, 2.75) is 16.1 Å². The van der Waals surface area contributed by atoms with Crippen molar-refractivity contribution in [2.75, 3.05) is 6.54 Å². The Bertz CT molecular complexity index is 1740. The van der Waals surface area contributed by atoms with Crippen LogP contribution >= 0.6 is 0 Å². The fraction of sp³-hybridized carbons (Fsp3) is 0.100. The van der Waals surface area contributed by atoms with E-state index in [9.17, 15) is 8.42 Å². The van der Waals surface area contributed by atoms with Crippen molar-refractivity contribution in [1.82, 2.24) is 0 Å². The van der Waals surface area contributed by atoms with Gasteiger partial charge in [0.05, 0.1) is 10.6 Å². The van der Waals surface area contributed by atoms with Crippen LogP contribution in [0.1, 0.15) is 12.0 Å². The van der Waals surface area contributed by atoms with Crippen LogP contribution in [0.2, 0.25) is 0 Å². The Balaban J connectivity index is 1.55.